The zero-order chi connectivity index (χ0) is 22.3. The molecule has 0 unspecified atom stereocenters. The highest BCUT2D eigenvalue weighted by atomic mass is 32.2. The van der Waals surface area contributed by atoms with E-state index in [0.717, 1.165) is 17.6 Å². The first-order chi connectivity index (χ1) is 14.9. The fourth-order valence-corrected chi connectivity index (χ4v) is 4.24. The molecule has 0 aliphatic carbocycles. The number of carbonyl (C=O) groups is 1. The molecule has 1 aliphatic rings. The van der Waals surface area contributed by atoms with Crippen molar-refractivity contribution in [1.29, 1.82) is 0 Å². The van der Waals surface area contributed by atoms with Crippen LogP contribution in [0.4, 0.5) is 5.69 Å². The number of anilines is 1. The summed E-state index contributed by atoms with van der Waals surface area (Å²) in [5.41, 5.74) is 1.59. The first-order valence-electron chi connectivity index (χ1n) is 10.1. The Morgan fingerprint density at radius 3 is 2.48 bits per heavy atom. The molecule has 0 radical (unpaired) electrons. The van der Waals surface area contributed by atoms with Crippen molar-refractivity contribution in [2.45, 2.75) is 19.3 Å². The molecule has 0 atom stereocenters. The number of hydrogen-bond acceptors (Lipinski definition) is 6. The van der Waals surface area contributed by atoms with Gasteiger partial charge < -0.3 is 19.5 Å². The molecule has 0 aromatic heterocycles. The monoisotopic (exact) mass is 448 g/mol. The summed E-state index contributed by atoms with van der Waals surface area (Å²) in [6, 6.07) is 12.7. The van der Waals surface area contributed by atoms with Gasteiger partial charge in [-0.2, -0.15) is 0 Å². The van der Waals surface area contributed by atoms with E-state index in [4.69, 9.17) is 14.2 Å². The Morgan fingerprint density at radius 2 is 1.81 bits per heavy atom. The summed E-state index contributed by atoms with van der Waals surface area (Å²) in [5, 5.41) is 2.88. The topological polar surface area (TPSA) is 94.2 Å². The van der Waals surface area contributed by atoms with Gasteiger partial charge in [0, 0.05) is 25.6 Å². The van der Waals surface area contributed by atoms with Gasteiger partial charge in [0.05, 0.1) is 19.1 Å². The lowest BCUT2D eigenvalue weighted by Crippen LogP contribution is -2.32. The average Bonchev–Trinajstić information content (AvgIpc) is 2.76. The molecular formula is C22H28N2O6S. The summed E-state index contributed by atoms with van der Waals surface area (Å²) < 4.78 is 42.0. The van der Waals surface area contributed by atoms with Crippen LogP contribution in [0.1, 0.15) is 18.4 Å². The van der Waals surface area contributed by atoms with Crippen molar-refractivity contribution >= 4 is 21.6 Å². The number of carbonyl (C=O) groups excluding carboxylic acids is 1. The van der Waals surface area contributed by atoms with Crippen LogP contribution in [0.25, 0.3) is 0 Å². The van der Waals surface area contributed by atoms with Crippen molar-refractivity contribution in [1.82, 2.24) is 5.32 Å². The van der Waals surface area contributed by atoms with Gasteiger partial charge in [0.2, 0.25) is 15.9 Å². The lowest BCUT2D eigenvalue weighted by molar-refractivity contribution is -0.121. The molecule has 8 nitrogen and oxygen atoms in total. The number of nitrogens with zero attached hydrogens (tertiary/aromatic N) is 1. The number of fused-ring (bicyclic) bond motifs is 1. The second-order valence-corrected chi connectivity index (χ2v) is 9.12. The maximum absolute atomic E-state index is 12.3. The van der Waals surface area contributed by atoms with Crippen molar-refractivity contribution in [3.8, 4) is 17.2 Å². The summed E-state index contributed by atoms with van der Waals surface area (Å²) in [4.78, 5) is 12.2. The number of sulfonamides is 1. The Kier molecular flexibility index (Phi) is 7.62. The van der Waals surface area contributed by atoms with Gasteiger partial charge in [0.15, 0.2) is 11.5 Å². The fraction of sp³-hybridized carbons (Fsp3) is 0.409. The molecule has 168 valence electrons. The van der Waals surface area contributed by atoms with Crippen molar-refractivity contribution in [2.75, 3.05) is 44.0 Å². The molecule has 0 saturated carbocycles. The van der Waals surface area contributed by atoms with Crippen LogP contribution in [0.15, 0.2) is 42.5 Å². The third kappa shape index (κ3) is 6.52. The molecular weight excluding hydrogens is 420 g/mol. The molecule has 0 bridgehead atoms. The Hall–Kier alpha value is -2.94. The molecule has 0 spiro atoms. The summed E-state index contributed by atoms with van der Waals surface area (Å²) in [6.45, 7) is 1.61. The van der Waals surface area contributed by atoms with Gasteiger partial charge in [0.1, 0.15) is 19.0 Å². The van der Waals surface area contributed by atoms with E-state index in [1.165, 1.54) is 4.31 Å². The lowest BCUT2D eigenvalue weighted by atomic mass is 10.1. The predicted octanol–water partition coefficient (Wildman–Crippen LogP) is 2.37. The minimum atomic E-state index is -3.51. The molecule has 1 N–H and O–H groups in total. The molecule has 31 heavy (non-hydrogen) atoms. The van der Waals surface area contributed by atoms with Gasteiger partial charge in [-0.05, 0) is 42.7 Å². The molecule has 3 rings (SSSR count). The minimum absolute atomic E-state index is 0.107. The van der Waals surface area contributed by atoms with Crippen LogP contribution >= 0.6 is 0 Å². The molecule has 1 heterocycles. The zero-order valence-corrected chi connectivity index (χ0v) is 18.6. The maximum atomic E-state index is 12.3. The third-order valence-corrected chi connectivity index (χ3v) is 6.07. The van der Waals surface area contributed by atoms with Crippen molar-refractivity contribution in [2.24, 2.45) is 0 Å². The number of nitrogens with one attached hydrogen (secondary N) is 1. The lowest BCUT2D eigenvalue weighted by Gasteiger charge is -2.25. The summed E-state index contributed by atoms with van der Waals surface area (Å²) in [7, 11) is -1.89. The predicted molar refractivity (Wildman–Crippen MR) is 119 cm³/mol. The van der Waals surface area contributed by atoms with E-state index in [-0.39, 0.29) is 18.9 Å². The highest BCUT2D eigenvalue weighted by Crippen LogP contribution is 2.34. The van der Waals surface area contributed by atoms with Gasteiger partial charge >= 0.3 is 0 Å². The number of amides is 1. The zero-order valence-electron chi connectivity index (χ0n) is 17.8. The molecule has 0 fully saturated rings. The van der Waals surface area contributed by atoms with E-state index in [1.807, 2.05) is 24.3 Å². The normalized spacial score (nSPS) is 12.8. The van der Waals surface area contributed by atoms with Gasteiger partial charge in [-0.3, -0.25) is 9.10 Å². The Morgan fingerprint density at radius 1 is 1.10 bits per heavy atom. The van der Waals surface area contributed by atoms with E-state index in [2.05, 4.69) is 5.32 Å². The first-order valence-corrected chi connectivity index (χ1v) is 12.0. The highest BCUT2D eigenvalue weighted by Gasteiger charge is 2.21. The highest BCUT2D eigenvalue weighted by molar-refractivity contribution is 7.92. The van der Waals surface area contributed by atoms with E-state index >= 15 is 0 Å². The Balaban J connectivity index is 1.48. The van der Waals surface area contributed by atoms with E-state index in [9.17, 15) is 13.2 Å². The molecule has 1 amide bonds. The van der Waals surface area contributed by atoms with Crippen LogP contribution in [0, 0.1) is 0 Å². The van der Waals surface area contributed by atoms with Crippen LogP contribution in [0.5, 0.6) is 17.2 Å². The maximum Gasteiger partial charge on any atom is 0.232 e. The largest absolute Gasteiger partial charge is 0.497 e. The van der Waals surface area contributed by atoms with Crippen molar-refractivity contribution in [3.05, 3.63) is 48.0 Å². The third-order valence-electron chi connectivity index (χ3n) is 4.87. The van der Waals surface area contributed by atoms with Crippen molar-refractivity contribution < 1.29 is 27.4 Å². The van der Waals surface area contributed by atoms with Gasteiger partial charge in [-0.25, -0.2) is 8.42 Å². The quantitative estimate of drug-likeness (QED) is 0.600. The molecule has 0 saturated heterocycles. The van der Waals surface area contributed by atoms with Crippen LogP contribution < -0.4 is 23.8 Å². The van der Waals surface area contributed by atoms with Gasteiger partial charge in [-0.15, -0.1) is 0 Å². The number of methoxy groups -OCH3 is 1. The Labute approximate surface area is 183 Å². The van der Waals surface area contributed by atoms with Crippen LogP contribution in [0.2, 0.25) is 0 Å². The van der Waals surface area contributed by atoms with Crippen molar-refractivity contribution in [3.63, 3.8) is 0 Å². The fourth-order valence-electron chi connectivity index (χ4n) is 3.28. The summed E-state index contributed by atoms with van der Waals surface area (Å²) >= 11 is 0. The molecule has 2 aromatic rings. The standard InChI is InChI=1S/C22H28N2O6S/c1-28-19-8-5-17(6-9-19)11-12-23-22(25)4-3-13-24(31(2,26)27)18-7-10-20-21(16-18)30-15-14-29-20/h5-10,16H,3-4,11-15H2,1-2H3,(H,23,25). The number of benzene rings is 2. The van der Waals surface area contributed by atoms with Gasteiger partial charge in [0.25, 0.3) is 0 Å². The molecule has 9 heteroatoms. The second kappa shape index (κ2) is 10.4. The second-order valence-electron chi connectivity index (χ2n) is 7.21. The number of ether oxygens (including phenoxy) is 3. The van der Waals surface area contributed by atoms with Crippen LogP contribution in [-0.4, -0.2) is 54.0 Å². The van der Waals surface area contributed by atoms with E-state index in [0.29, 0.717) is 49.8 Å². The first kappa shape index (κ1) is 22.7. The van der Waals surface area contributed by atoms with Crippen LogP contribution in [0.3, 0.4) is 0 Å². The molecule has 2 aromatic carbocycles. The van der Waals surface area contributed by atoms with Gasteiger partial charge in [-0.1, -0.05) is 12.1 Å². The smallest absolute Gasteiger partial charge is 0.232 e. The summed E-state index contributed by atoms with van der Waals surface area (Å²) in [5.74, 6) is 1.80. The minimum Gasteiger partial charge on any atom is -0.497 e. The summed E-state index contributed by atoms with van der Waals surface area (Å²) in [6.07, 6.45) is 2.50. The SMILES string of the molecule is COc1ccc(CCNC(=O)CCCN(c2ccc3c(c2)OCCO3)S(C)(=O)=O)cc1. The Bertz CT molecular complexity index is 992. The number of rotatable bonds is 10. The number of hydrogen-bond donors (Lipinski definition) is 1. The van der Waals surface area contributed by atoms with E-state index < -0.39 is 10.0 Å². The van der Waals surface area contributed by atoms with E-state index in [1.54, 1.807) is 25.3 Å². The average molecular weight is 449 g/mol. The van der Waals surface area contributed by atoms with Crippen LogP contribution in [-0.2, 0) is 21.2 Å². The molecule has 1 aliphatic heterocycles.